The van der Waals surface area contributed by atoms with Gasteiger partial charge in [-0.05, 0) is 38.0 Å². The minimum absolute atomic E-state index is 0.0261. The van der Waals surface area contributed by atoms with Crippen molar-refractivity contribution in [1.82, 2.24) is 15.1 Å². The first-order valence-electron chi connectivity index (χ1n) is 8.97. The molecular weight excluding hydrogens is 367 g/mol. The van der Waals surface area contributed by atoms with Gasteiger partial charge in [0.25, 0.3) is 13.5 Å². The molecule has 0 spiro atoms. The number of ether oxygens (including phenoxy) is 1. The lowest BCUT2D eigenvalue weighted by molar-refractivity contribution is -0.115. The molecule has 2 aliphatic heterocycles. The SMILES string of the molecule is Cc1cnc(OCC(c2ccc3c(c2)CC(=O)N3)P2(=O)N[C@@H](C)[C@H](C)O2)[nH]1. The molecule has 3 N–H and O–H groups in total. The van der Waals surface area contributed by atoms with E-state index in [2.05, 4.69) is 20.4 Å². The number of amides is 1. The van der Waals surface area contributed by atoms with Gasteiger partial charge in [0.1, 0.15) is 12.3 Å². The Morgan fingerprint density at radius 2 is 2.22 bits per heavy atom. The van der Waals surface area contributed by atoms with E-state index in [4.69, 9.17) is 9.26 Å². The van der Waals surface area contributed by atoms with Gasteiger partial charge in [-0.3, -0.25) is 9.36 Å². The lowest BCUT2D eigenvalue weighted by Gasteiger charge is -2.24. The van der Waals surface area contributed by atoms with Crippen LogP contribution in [0.1, 0.15) is 36.3 Å². The number of aryl methyl sites for hydroxylation is 1. The van der Waals surface area contributed by atoms with Gasteiger partial charge >= 0.3 is 0 Å². The molecule has 2 aromatic rings. The second-order valence-corrected chi connectivity index (χ2v) is 9.45. The summed E-state index contributed by atoms with van der Waals surface area (Å²) in [7, 11) is -3.21. The van der Waals surface area contributed by atoms with Crippen molar-refractivity contribution < 1.29 is 18.6 Å². The molecule has 1 saturated heterocycles. The van der Waals surface area contributed by atoms with Crippen LogP contribution in [0.2, 0.25) is 0 Å². The maximum Gasteiger partial charge on any atom is 0.293 e. The van der Waals surface area contributed by atoms with Gasteiger partial charge < -0.3 is 19.6 Å². The van der Waals surface area contributed by atoms with E-state index in [-0.39, 0.29) is 24.7 Å². The number of nitrogens with one attached hydrogen (secondary N) is 3. The van der Waals surface area contributed by atoms with Crippen LogP contribution in [0, 0.1) is 6.92 Å². The number of aromatic nitrogens is 2. The molecule has 8 nitrogen and oxygen atoms in total. The number of benzene rings is 1. The summed E-state index contributed by atoms with van der Waals surface area (Å²) >= 11 is 0. The number of anilines is 1. The normalized spacial score (nSPS) is 28.0. The van der Waals surface area contributed by atoms with Gasteiger partial charge in [-0.15, -0.1) is 0 Å². The number of hydrogen-bond acceptors (Lipinski definition) is 5. The molecule has 1 aromatic heterocycles. The Hall–Kier alpha value is -2.15. The Morgan fingerprint density at radius 3 is 2.89 bits per heavy atom. The van der Waals surface area contributed by atoms with Gasteiger partial charge in [0.2, 0.25) is 5.91 Å². The van der Waals surface area contributed by atoms with Crippen LogP contribution in [-0.2, 0) is 20.3 Å². The highest BCUT2D eigenvalue weighted by Crippen LogP contribution is 2.61. The molecule has 1 fully saturated rings. The van der Waals surface area contributed by atoms with Gasteiger partial charge in [0, 0.05) is 17.4 Å². The smallest absolute Gasteiger partial charge is 0.293 e. The first kappa shape index (κ1) is 18.2. The van der Waals surface area contributed by atoms with E-state index >= 15 is 0 Å². The number of carbonyl (C=O) groups is 1. The third-order valence-electron chi connectivity index (χ3n) is 5.02. The summed E-state index contributed by atoms with van der Waals surface area (Å²) in [5.74, 6) is -0.0369. The van der Waals surface area contributed by atoms with Crippen LogP contribution in [-0.4, -0.2) is 34.6 Å². The quantitative estimate of drug-likeness (QED) is 0.678. The van der Waals surface area contributed by atoms with Crippen LogP contribution in [0.3, 0.4) is 0 Å². The van der Waals surface area contributed by atoms with Crippen LogP contribution >= 0.6 is 7.52 Å². The number of hydrogen-bond donors (Lipinski definition) is 3. The molecule has 4 rings (SSSR count). The van der Waals surface area contributed by atoms with E-state index in [0.29, 0.717) is 12.4 Å². The molecule has 3 heterocycles. The van der Waals surface area contributed by atoms with E-state index in [1.807, 2.05) is 39.0 Å². The van der Waals surface area contributed by atoms with E-state index in [1.54, 1.807) is 6.20 Å². The third-order valence-corrected chi connectivity index (χ3v) is 7.70. The molecule has 0 saturated carbocycles. The lowest BCUT2D eigenvalue weighted by atomic mass is 10.1. The molecule has 1 aromatic carbocycles. The van der Waals surface area contributed by atoms with E-state index in [1.165, 1.54) is 0 Å². The van der Waals surface area contributed by atoms with Crippen LogP contribution in [0.25, 0.3) is 0 Å². The lowest BCUT2D eigenvalue weighted by Crippen LogP contribution is -2.25. The molecule has 0 aliphatic carbocycles. The average molecular weight is 390 g/mol. The van der Waals surface area contributed by atoms with Crippen molar-refractivity contribution in [2.45, 2.75) is 45.0 Å². The van der Waals surface area contributed by atoms with Crippen molar-refractivity contribution >= 4 is 19.1 Å². The Morgan fingerprint density at radius 1 is 1.41 bits per heavy atom. The number of aromatic amines is 1. The maximum absolute atomic E-state index is 13.6. The van der Waals surface area contributed by atoms with Gasteiger partial charge in [0.15, 0.2) is 0 Å². The summed E-state index contributed by atoms with van der Waals surface area (Å²) in [5, 5.41) is 5.95. The highest BCUT2D eigenvalue weighted by Gasteiger charge is 2.45. The predicted octanol–water partition coefficient (Wildman–Crippen LogP) is 2.92. The monoisotopic (exact) mass is 390 g/mol. The van der Waals surface area contributed by atoms with E-state index in [0.717, 1.165) is 22.5 Å². The zero-order valence-corrected chi connectivity index (χ0v) is 16.4. The van der Waals surface area contributed by atoms with Crippen molar-refractivity contribution in [1.29, 1.82) is 0 Å². The minimum Gasteiger partial charge on any atom is -0.464 e. The number of fused-ring (bicyclic) bond motifs is 1. The third kappa shape index (κ3) is 3.52. The summed E-state index contributed by atoms with van der Waals surface area (Å²) in [6.07, 6.45) is 1.83. The Balaban J connectivity index is 1.65. The molecule has 9 heteroatoms. The molecule has 144 valence electrons. The van der Waals surface area contributed by atoms with Gasteiger partial charge in [-0.1, -0.05) is 12.1 Å². The van der Waals surface area contributed by atoms with Gasteiger partial charge in [-0.2, -0.15) is 0 Å². The number of carbonyl (C=O) groups excluding carboxylic acids is 1. The zero-order chi connectivity index (χ0) is 19.2. The van der Waals surface area contributed by atoms with Crippen LogP contribution < -0.4 is 15.1 Å². The zero-order valence-electron chi connectivity index (χ0n) is 15.5. The van der Waals surface area contributed by atoms with E-state index in [9.17, 15) is 9.36 Å². The summed E-state index contributed by atoms with van der Waals surface area (Å²) in [6.45, 7) is 5.87. The van der Waals surface area contributed by atoms with Crippen molar-refractivity contribution in [3.8, 4) is 6.01 Å². The van der Waals surface area contributed by atoms with Gasteiger partial charge in [-0.25, -0.2) is 10.1 Å². The standard InChI is InChI=1S/C18H23N4O4P/c1-10-8-19-18(20-10)25-9-16(27(24)22-11(2)12(3)26-27)13-4-5-15-14(6-13)7-17(23)21-15/h4-6,8,11-12,16H,7,9H2,1-3H3,(H,19,20)(H,21,23)(H,22,24)/t11-,12-,16?,27?/m0/s1. The van der Waals surface area contributed by atoms with Crippen LogP contribution in [0.5, 0.6) is 6.01 Å². The first-order valence-corrected chi connectivity index (χ1v) is 10.7. The van der Waals surface area contributed by atoms with Crippen molar-refractivity contribution in [2.75, 3.05) is 11.9 Å². The fourth-order valence-corrected chi connectivity index (χ4v) is 6.05. The topological polar surface area (TPSA) is 105 Å². The summed E-state index contributed by atoms with van der Waals surface area (Å²) in [6, 6.07) is 5.97. The van der Waals surface area contributed by atoms with Crippen LogP contribution in [0.4, 0.5) is 5.69 Å². The highest BCUT2D eigenvalue weighted by molar-refractivity contribution is 7.57. The molecular formula is C18H23N4O4P. The number of nitrogens with zero attached hydrogens (tertiary/aromatic N) is 1. The summed E-state index contributed by atoms with van der Waals surface area (Å²) in [4.78, 5) is 18.8. The first-order chi connectivity index (χ1) is 12.8. The predicted molar refractivity (Wildman–Crippen MR) is 101 cm³/mol. The van der Waals surface area contributed by atoms with Gasteiger partial charge in [0.05, 0.1) is 18.7 Å². The van der Waals surface area contributed by atoms with Crippen molar-refractivity contribution in [2.24, 2.45) is 0 Å². The Kier molecular flexibility index (Phi) is 4.58. The molecule has 0 bridgehead atoms. The molecule has 27 heavy (non-hydrogen) atoms. The van der Waals surface area contributed by atoms with E-state index < -0.39 is 13.2 Å². The van der Waals surface area contributed by atoms with Crippen molar-refractivity contribution in [3.05, 3.63) is 41.2 Å². The minimum atomic E-state index is -3.21. The summed E-state index contributed by atoms with van der Waals surface area (Å²) in [5.41, 5.74) is 2.86. The fourth-order valence-electron chi connectivity index (χ4n) is 3.39. The maximum atomic E-state index is 13.6. The number of imidazole rings is 1. The number of rotatable bonds is 5. The largest absolute Gasteiger partial charge is 0.464 e. The number of H-pyrrole nitrogens is 1. The van der Waals surface area contributed by atoms with Crippen LogP contribution in [0.15, 0.2) is 24.4 Å². The molecule has 4 atom stereocenters. The second kappa shape index (κ2) is 6.78. The molecule has 2 aliphatic rings. The Labute approximate surface area is 157 Å². The summed E-state index contributed by atoms with van der Waals surface area (Å²) < 4.78 is 25.3. The molecule has 0 radical (unpaired) electrons. The van der Waals surface area contributed by atoms with Crippen molar-refractivity contribution in [3.63, 3.8) is 0 Å². The Bertz CT molecular complexity index is 914. The average Bonchev–Trinajstić information content (AvgIpc) is 3.25. The fraction of sp³-hybridized carbons (Fsp3) is 0.444. The highest BCUT2D eigenvalue weighted by atomic mass is 31.2. The molecule has 1 amide bonds. The second-order valence-electron chi connectivity index (χ2n) is 7.17. The molecule has 2 unspecified atom stereocenters.